The minimum atomic E-state index is 0.0250. The number of nitrogens with zero attached hydrogens (tertiary/aromatic N) is 2. The van der Waals surface area contributed by atoms with Crippen molar-refractivity contribution in [3.05, 3.63) is 59.1 Å². The van der Waals surface area contributed by atoms with E-state index in [1.807, 2.05) is 17.0 Å². The first-order valence-corrected chi connectivity index (χ1v) is 9.70. The molecule has 27 heavy (non-hydrogen) atoms. The zero-order chi connectivity index (χ0) is 18.6. The van der Waals surface area contributed by atoms with Gasteiger partial charge in [0.05, 0.1) is 6.61 Å². The second-order valence-corrected chi connectivity index (χ2v) is 7.29. The molecule has 4 rings (SSSR count). The molecule has 1 amide bonds. The summed E-state index contributed by atoms with van der Waals surface area (Å²) in [6, 6.07) is 15.7. The topological polar surface area (TPSA) is 42.0 Å². The molecule has 2 aromatic rings. The van der Waals surface area contributed by atoms with Crippen molar-refractivity contribution in [2.75, 3.05) is 39.4 Å². The Labute approximate surface area is 164 Å². The Morgan fingerprint density at radius 3 is 2.59 bits per heavy atom. The molecule has 2 aromatic carbocycles. The van der Waals surface area contributed by atoms with Crippen molar-refractivity contribution in [3.8, 4) is 11.5 Å². The highest BCUT2D eigenvalue weighted by atomic mass is 35.5. The number of hydrogen-bond acceptors (Lipinski definition) is 4. The minimum Gasteiger partial charge on any atom is -0.493 e. The summed E-state index contributed by atoms with van der Waals surface area (Å²) in [6.45, 7) is 3.99. The van der Waals surface area contributed by atoms with Gasteiger partial charge in [-0.2, -0.15) is 0 Å². The molecule has 6 heteroatoms. The van der Waals surface area contributed by atoms with Crippen LogP contribution in [0, 0.1) is 0 Å². The fourth-order valence-corrected chi connectivity index (χ4v) is 3.88. The van der Waals surface area contributed by atoms with Gasteiger partial charge in [-0.25, -0.2) is 0 Å². The third-order valence-electron chi connectivity index (χ3n) is 5.21. The summed E-state index contributed by atoms with van der Waals surface area (Å²) in [5, 5.41) is 0.652. The molecular weight excluding hydrogens is 364 g/mol. The van der Waals surface area contributed by atoms with E-state index < -0.39 is 0 Å². The zero-order valence-corrected chi connectivity index (χ0v) is 15.9. The second-order valence-electron chi connectivity index (χ2n) is 6.85. The van der Waals surface area contributed by atoms with Crippen LogP contribution in [-0.2, 0) is 4.79 Å². The third-order valence-corrected chi connectivity index (χ3v) is 5.46. The molecule has 0 bridgehead atoms. The van der Waals surface area contributed by atoms with Gasteiger partial charge < -0.3 is 14.4 Å². The van der Waals surface area contributed by atoms with Crippen LogP contribution in [0.5, 0.6) is 11.5 Å². The lowest BCUT2D eigenvalue weighted by Gasteiger charge is -2.41. The quantitative estimate of drug-likeness (QED) is 0.807. The smallest absolute Gasteiger partial charge is 0.260 e. The number of ether oxygens (including phenoxy) is 2. The molecular formula is C21H23ClN2O3. The molecule has 1 atom stereocenters. The van der Waals surface area contributed by atoms with Gasteiger partial charge in [-0.15, -0.1) is 0 Å². The molecule has 0 aliphatic carbocycles. The number of amides is 1. The van der Waals surface area contributed by atoms with Gasteiger partial charge in [-0.05, 0) is 30.3 Å². The summed E-state index contributed by atoms with van der Waals surface area (Å²) in [4.78, 5) is 16.8. The third kappa shape index (κ3) is 4.20. The minimum absolute atomic E-state index is 0.0250. The highest BCUT2D eigenvalue weighted by Gasteiger charge is 2.30. The van der Waals surface area contributed by atoms with Gasteiger partial charge in [0.25, 0.3) is 5.91 Å². The monoisotopic (exact) mass is 386 g/mol. The van der Waals surface area contributed by atoms with Crippen LogP contribution < -0.4 is 9.47 Å². The number of benzene rings is 2. The molecule has 0 saturated carbocycles. The number of hydrogen-bond donors (Lipinski definition) is 0. The van der Waals surface area contributed by atoms with E-state index in [2.05, 4.69) is 17.0 Å². The fraction of sp³-hybridized carbons (Fsp3) is 0.381. The maximum absolute atomic E-state index is 12.5. The zero-order valence-electron chi connectivity index (χ0n) is 15.1. The van der Waals surface area contributed by atoms with Crippen molar-refractivity contribution in [1.29, 1.82) is 0 Å². The number of carbonyl (C=O) groups excluding carboxylic acids is 1. The van der Waals surface area contributed by atoms with E-state index in [-0.39, 0.29) is 12.5 Å². The first-order valence-electron chi connectivity index (χ1n) is 9.32. The highest BCUT2D eigenvalue weighted by Crippen LogP contribution is 2.36. The lowest BCUT2D eigenvalue weighted by molar-refractivity contribution is -0.135. The first kappa shape index (κ1) is 18.1. The summed E-state index contributed by atoms with van der Waals surface area (Å²) >= 11 is 5.86. The lowest BCUT2D eigenvalue weighted by atomic mass is 9.98. The molecule has 0 N–H and O–H groups in total. The molecule has 1 fully saturated rings. The Morgan fingerprint density at radius 2 is 1.81 bits per heavy atom. The summed E-state index contributed by atoms with van der Waals surface area (Å²) < 4.78 is 11.4. The molecule has 1 saturated heterocycles. The maximum atomic E-state index is 12.5. The summed E-state index contributed by atoms with van der Waals surface area (Å²) in [5.74, 6) is 1.67. The second kappa shape index (κ2) is 8.19. The first-order chi connectivity index (χ1) is 13.2. The average molecular weight is 387 g/mol. The molecule has 0 spiro atoms. The fourth-order valence-electron chi connectivity index (χ4n) is 3.75. The van der Waals surface area contributed by atoms with Crippen LogP contribution in [0.15, 0.2) is 48.5 Å². The van der Waals surface area contributed by atoms with Crippen LogP contribution in [0.2, 0.25) is 5.02 Å². The molecule has 2 heterocycles. The average Bonchev–Trinajstić information content (AvgIpc) is 2.73. The molecule has 142 valence electrons. The van der Waals surface area contributed by atoms with Crippen LogP contribution in [0.1, 0.15) is 18.0 Å². The van der Waals surface area contributed by atoms with Crippen molar-refractivity contribution in [2.45, 2.75) is 12.5 Å². The molecule has 2 aliphatic rings. The number of rotatable bonds is 4. The van der Waals surface area contributed by atoms with Gasteiger partial charge in [0.1, 0.15) is 11.5 Å². The Hall–Kier alpha value is -2.24. The number of carbonyl (C=O) groups is 1. The number of halogens is 1. The van der Waals surface area contributed by atoms with Gasteiger partial charge in [-0.3, -0.25) is 9.69 Å². The van der Waals surface area contributed by atoms with Crippen molar-refractivity contribution in [1.82, 2.24) is 9.80 Å². The van der Waals surface area contributed by atoms with E-state index in [0.717, 1.165) is 45.0 Å². The number of fused-ring (bicyclic) bond motifs is 1. The summed E-state index contributed by atoms with van der Waals surface area (Å²) in [5.41, 5.74) is 1.26. The van der Waals surface area contributed by atoms with Gasteiger partial charge in [0, 0.05) is 49.2 Å². The van der Waals surface area contributed by atoms with E-state index in [9.17, 15) is 4.79 Å². The lowest BCUT2D eigenvalue weighted by Crippen LogP contribution is -2.51. The Morgan fingerprint density at radius 1 is 1.07 bits per heavy atom. The highest BCUT2D eigenvalue weighted by molar-refractivity contribution is 6.30. The molecule has 2 aliphatic heterocycles. The number of para-hydroxylation sites is 1. The van der Waals surface area contributed by atoms with Crippen molar-refractivity contribution < 1.29 is 14.3 Å². The standard InChI is InChI=1S/C21H23ClN2O3/c22-16-5-7-17(8-6-16)27-15-21(25)24-12-10-23(11-13-24)19-9-14-26-20-4-2-1-3-18(19)20/h1-8,19H,9-15H2. The molecule has 1 unspecified atom stereocenters. The van der Waals surface area contributed by atoms with Crippen molar-refractivity contribution >= 4 is 17.5 Å². The van der Waals surface area contributed by atoms with Crippen LogP contribution in [-0.4, -0.2) is 55.1 Å². The van der Waals surface area contributed by atoms with Gasteiger partial charge in [0.15, 0.2) is 6.61 Å². The largest absolute Gasteiger partial charge is 0.493 e. The van der Waals surface area contributed by atoms with Gasteiger partial charge in [0.2, 0.25) is 0 Å². The molecule has 0 aromatic heterocycles. The molecule has 5 nitrogen and oxygen atoms in total. The Bertz CT molecular complexity index is 788. The summed E-state index contributed by atoms with van der Waals surface area (Å²) in [6.07, 6.45) is 0.991. The Kier molecular flexibility index (Phi) is 5.50. The molecule has 0 radical (unpaired) electrons. The van der Waals surface area contributed by atoms with E-state index in [4.69, 9.17) is 21.1 Å². The summed E-state index contributed by atoms with van der Waals surface area (Å²) in [7, 11) is 0. The number of piperazine rings is 1. The predicted molar refractivity (Wildman–Crippen MR) is 104 cm³/mol. The predicted octanol–water partition coefficient (Wildman–Crippen LogP) is 3.39. The van der Waals surface area contributed by atoms with E-state index in [1.165, 1.54) is 5.56 Å². The van der Waals surface area contributed by atoms with Crippen LogP contribution in [0.25, 0.3) is 0 Å². The van der Waals surface area contributed by atoms with Crippen molar-refractivity contribution in [3.63, 3.8) is 0 Å². The van der Waals surface area contributed by atoms with Crippen LogP contribution >= 0.6 is 11.6 Å². The van der Waals surface area contributed by atoms with Gasteiger partial charge in [-0.1, -0.05) is 29.8 Å². The maximum Gasteiger partial charge on any atom is 0.260 e. The van der Waals surface area contributed by atoms with Gasteiger partial charge >= 0.3 is 0 Å². The van der Waals surface area contributed by atoms with E-state index in [1.54, 1.807) is 24.3 Å². The van der Waals surface area contributed by atoms with Crippen LogP contribution in [0.3, 0.4) is 0 Å². The van der Waals surface area contributed by atoms with Crippen molar-refractivity contribution in [2.24, 2.45) is 0 Å². The van der Waals surface area contributed by atoms with E-state index in [0.29, 0.717) is 16.8 Å². The van der Waals surface area contributed by atoms with Crippen LogP contribution in [0.4, 0.5) is 0 Å². The SMILES string of the molecule is O=C(COc1ccc(Cl)cc1)N1CCN(C2CCOc3ccccc32)CC1. The van der Waals surface area contributed by atoms with E-state index >= 15 is 0 Å². The normalized spacial score (nSPS) is 19.9. The Balaban J connectivity index is 1.30.